The van der Waals surface area contributed by atoms with Crippen LogP contribution in [-0.2, 0) is 16.1 Å². The number of carbonyl (C=O) groups excluding carboxylic acids is 2. The molecule has 0 heterocycles. The highest BCUT2D eigenvalue weighted by Crippen LogP contribution is 2.13. The van der Waals surface area contributed by atoms with Crippen LogP contribution in [0.15, 0.2) is 24.3 Å². The average molecular weight is 292 g/mol. The maximum atomic E-state index is 12.1. The molecule has 0 radical (unpaired) electrons. The largest absolute Gasteiger partial charge is 0.358 e. The number of nitrogens with zero attached hydrogens (tertiary/aromatic N) is 1. The van der Waals surface area contributed by atoms with Crippen LogP contribution >= 0.6 is 0 Å². The molecule has 4 N–H and O–H groups in total. The smallest absolute Gasteiger partial charge is 0.238 e. The standard InChI is InChI=1S/C15H24N4O2/c1-3-8-19(10-14(20)17-2)11-15(21)18-13-7-5-4-6-12(13)9-16/h4-7H,3,8-11,16H2,1-2H3,(H,17,20)(H,18,21). The Hall–Kier alpha value is -1.92. The summed E-state index contributed by atoms with van der Waals surface area (Å²) in [5.74, 6) is -0.244. The fourth-order valence-electron chi connectivity index (χ4n) is 2.03. The van der Waals surface area contributed by atoms with Gasteiger partial charge in [0.15, 0.2) is 0 Å². The number of carbonyl (C=O) groups is 2. The van der Waals surface area contributed by atoms with E-state index in [1.807, 2.05) is 36.1 Å². The number of nitrogens with one attached hydrogen (secondary N) is 2. The fourth-order valence-corrected chi connectivity index (χ4v) is 2.03. The van der Waals surface area contributed by atoms with Crippen LogP contribution in [-0.4, -0.2) is 43.4 Å². The van der Waals surface area contributed by atoms with Gasteiger partial charge in [0.25, 0.3) is 0 Å². The van der Waals surface area contributed by atoms with Crippen LogP contribution in [0.5, 0.6) is 0 Å². The molecule has 0 aromatic heterocycles. The molecule has 6 heteroatoms. The van der Waals surface area contributed by atoms with Crippen molar-refractivity contribution in [3.8, 4) is 0 Å². The van der Waals surface area contributed by atoms with Crippen LogP contribution in [0.3, 0.4) is 0 Å². The SMILES string of the molecule is CCCN(CC(=O)NC)CC(=O)Nc1ccccc1CN. The van der Waals surface area contributed by atoms with Crippen LogP contribution in [0.1, 0.15) is 18.9 Å². The van der Waals surface area contributed by atoms with Gasteiger partial charge in [-0.15, -0.1) is 0 Å². The second-order valence-electron chi connectivity index (χ2n) is 4.79. The van der Waals surface area contributed by atoms with Gasteiger partial charge in [0.1, 0.15) is 0 Å². The monoisotopic (exact) mass is 292 g/mol. The Morgan fingerprint density at radius 2 is 1.86 bits per heavy atom. The van der Waals surface area contributed by atoms with E-state index in [0.29, 0.717) is 13.1 Å². The third-order valence-corrected chi connectivity index (χ3v) is 3.06. The minimum atomic E-state index is -0.145. The van der Waals surface area contributed by atoms with Gasteiger partial charge in [-0.1, -0.05) is 25.1 Å². The van der Waals surface area contributed by atoms with Gasteiger partial charge in [-0.05, 0) is 24.6 Å². The lowest BCUT2D eigenvalue weighted by Crippen LogP contribution is -2.40. The number of para-hydroxylation sites is 1. The molecule has 0 saturated carbocycles. The number of amides is 2. The zero-order valence-electron chi connectivity index (χ0n) is 12.7. The molecule has 1 aromatic rings. The van der Waals surface area contributed by atoms with Crippen molar-refractivity contribution in [2.45, 2.75) is 19.9 Å². The predicted octanol–water partition coefficient (Wildman–Crippen LogP) is 0.542. The summed E-state index contributed by atoms with van der Waals surface area (Å²) in [7, 11) is 1.59. The molecule has 1 rings (SSSR count). The summed E-state index contributed by atoms with van der Waals surface area (Å²) in [5.41, 5.74) is 7.26. The topological polar surface area (TPSA) is 87.5 Å². The van der Waals surface area contributed by atoms with E-state index in [0.717, 1.165) is 17.7 Å². The lowest BCUT2D eigenvalue weighted by Gasteiger charge is -2.20. The number of nitrogens with two attached hydrogens (primary N) is 1. The van der Waals surface area contributed by atoms with Crippen molar-refractivity contribution in [3.63, 3.8) is 0 Å². The van der Waals surface area contributed by atoms with E-state index in [9.17, 15) is 9.59 Å². The van der Waals surface area contributed by atoms with Gasteiger partial charge in [0.05, 0.1) is 13.1 Å². The first kappa shape index (κ1) is 17.1. The molecule has 116 valence electrons. The summed E-state index contributed by atoms with van der Waals surface area (Å²) >= 11 is 0. The number of benzene rings is 1. The second-order valence-corrected chi connectivity index (χ2v) is 4.79. The van der Waals surface area contributed by atoms with Crippen LogP contribution in [0.2, 0.25) is 0 Å². The van der Waals surface area contributed by atoms with Gasteiger partial charge in [0.2, 0.25) is 11.8 Å². The molecule has 0 unspecified atom stereocenters. The van der Waals surface area contributed by atoms with Crippen LogP contribution in [0, 0.1) is 0 Å². The third-order valence-electron chi connectivity index (χ3n) is 3.06. The number of rotatable bonds is 8. The van der Waals surface area contributed by atoms with Crippen molar-refractivity contribution in [2.75, 3.05) is 32.0 Å². The molecule has 0 bridgehead atoms. The second kappa shape index (κ2) is 9.10. The first-order valence-corrected chi connectivity index (χ1v) is 7.11. The maximum absolute atomic E-state index is 12.1. The van der Waals surface area contributed by atoms with E-state index >= 15 is 0 Å². The van der Waals surface area contributed by atoms with Crippen LogP contribution < -0.4 is 16.4 Å². The fraction of sp³-hybridized carbons (Fsp3) is 0.467. The first-order valence-electron chi connectivity index (χ1n) is 7.11. The molecule has 0 atom stereocenters. The molecule has 0 aliphatic rings. The quantitative estimate of drug-likeness (QED) is 0.652. The summed E-state index contributed by atoms with van der Waals surface area (Å²) in [5, 5.41) is 5.42. The van der Waals surface area contributed by atoms with Gasteiger partial charge >= 0.3 is 0 Å². The highest BCUT2D eigenvalue weighted by Gasteiger charge is 2.14. The predicted molar refractivity (Wildman–Crippen MR) is 83.8 cm³/mol. The van der Waals surface area contributed by atoms with Crippen molar-refractivity contribution >= 4 is 17.5 Å². The van der Waals surface area contributed by atoms with Crippen molar-refractivity contribution in [1.82, 2.24) is 10.2 Å². The van der Waals surface area contributed by atoms with Crippen molar-refractivity contribution in [1.29, 1.82) is 0 Å². The number of anilines is 1. The number of likely N-dealkylation sites (N-methyl/N-ethyl adjacent to an activating group) is 1. The number of hydrogen-bond donors (Lipinski definition) is 3. The van der Waals surface area contributed by atoms with Crippen LogP contribution in [0.25, 0.3) is 0 Å². The van der Waals surface area contributed by atoms with E-state index in [-0.39, 0.29) is 24.9 Å². The molecule has 0 spiro atoms. The Bertz CT molecular complexity index is 476. The lowest BCUT2D eigenvalue weighted by molar-refractivity contribution is -0.123. The molecule has 21 heavy (non-hydrogen) atoms. The van der Waals surface area contributed by atoms with Gasteiger partial charge < -0.3 is 16.4 Å². The molecule has 2 amide bonds. The van der Waals surface area contributed by atoms with E-state index in [1.54, 1.807) is 7.05 Å². The summed E-state index contributed by atoms with van der Waals surface area (Å²) in [6.07, 6.45) is 0.879. The van der Waals surface area contributed by atoms with E-state index in [4.69, 9.17) is 5.73 Å². The Morgan fingerprint density at radius 3 is 2.48 bits per heavy atom. The van der Waals surface area contributed by atoms with Crippen molar-refractivity contribution < 1.29 is 9.59 Å². The Kier molecular flexibility index (Phi) is 7.42. The van der Waals surface area contributed by atoms with Gasteiger partial charge in [0, 0.05) is 19.3 Å². The van der Waals surface area contributed by atoms with Gasteiger partial charge in [-0.3, -0.25) is 14.5 Å². The molecular formula is C15H24N4O2. The van der Waals surface area contributed by atoms with Crippen molar-refractivity contribution in [2.24, 2.45) is 5.73 Å². The highest BCUT2D eigenvalue weighted by atomic mass is 16.2. The molecule has 1 aromatic carbocycles. The van der Waals surface area contributed by atoms with Gasteiger partial charge in [-0.25, -0.2) is 0 Å². The highest BCUT2D eigenvalue weighted by molar-refractivity contribution is 5.93. The minimum Gasteiger partial charge on any atom is -0.358 e. The Morgan fingerprint density at radius 1 is 1.19 bits per heavy atom. The normalized spacial score (nSPS) is 10.5. The summed E-state index contributed by atoms with van der Waals surface area (Å²) < 4.78 is 0. The average Bonchev–Trinajstić information content (AvgIpc) is 2.47. The molecule has 0 aliphatic carbocycles. The number of hydrogen-bond acceptors (Lipinski definition) is 4. The third kappa shape index (κ3) is 5.93. The minimum absolute atomic E-state index is 0.0985. The maximum Gasteiger partial charge on any atom is 0.238 e. The van der Waals surface area contributed by atoms with Crippen molar-refractivity contribution in [3.05, 3.63) is 29.8 Å². The first-order chi connectivity index (χ1) is 10.1. The summed E-state index contributed by atoms with van der Waals surface area (Å²) in [4.78, 5) is 25.4. The van der Waals surface area contributed by atoms with E-state index < -0.39 is 0 Å². The molecule has 0 aliphatic heterocycles. The zero-order chi connectivity index (χ0) is 15.7. The molecular weight excluding hydrogens is 268 g/mol. The van der Waals surface area contributed by atoms with Crippen LogP contribution in [0.4, 0.5) is 5.69 Å². The summed E-state index contributed by atoms with van der Waals surface area (Å²) in [6, 6.07) is 7.43. The van der Waals surface area contributed by atoms with E-state index in [1.165, 1.54) is 0 Å². The van der Waals surface area contributed by atoms with Gasteiger partial charge in [-0.2, -0.15) is 0 Å². The molecule has 6 nitrogen and oxygen atoms in total. The Labute approximate surface area is 125 Å². The lowest BCUT2D eigenvalue weighted by atomic mass is 10.2. The Balaban J connectivity index is 2.62. The molecule has 0 fully saturated rings. The summed E-state index contributed by atoms with van der Waals surface area (Å²) in [6.45, 7) is 3.47. The zero-order valence-corrected chi connectivity index (χ0v) is 12.7. The molecule has 0 saturated heterocycles. The van der Waals surface area contributed by atoms with E-state index in [2.05, 4.69) is 10.6 Å².